The van der Waals surface area contributed by atoms with Crippen molar-refractivity contribution in [1.29, 1.82) is 0 Å². The lowest BCUT2D eigenvalue weighted by Gasteiger charge is -2.20. The Kier molecular flexibility index (Phi) is 10.7. The number of nitrogens with two attached hydrogens (primary N) is 1. The molecule has 0 radical (unpaired) electrons. The molecule has 13 heteroatoms. The topological polar surface area (TPSA) is 148 Å². The van der Waals surface area contributed by atoms with Crippen LogP contribution in [0.3, 0.4) is 0 Å². The predicted molar refractivity (Wildman–Crippen MR) is 201 cm³/mol. The van der Waals surface area contributed by atoms with Gasteiger partial charge in [-0.2, -0.15) is 0 Å². The molecule has 2 aromatic carbocycles. The molecule has 2 atom stereocenters. The normalized spacial score (nSPS) is 15.5. The molecule has 13 nitrogen and oxygen atoms in total. The van der Waals surface area contributed by atoms with E-state index in [2.05, 4.69) is 4.99 Å². The molecule has 52 heavy (non-hydrogen) atoms. The van der Waals surface area contributed by atoms with Gasteiger partial charge in [0.25, 0.3) is 11.8 Å². The fourth-order valence-corrected chi connectivity index (χ4v) is 7.03. The van der Waals surface area contributed by atoms with E-state index < -0.39 is 6.09 Å². The lowest BCUT2D eigenvalue weighted by Crippen LogP contribution is -2.35. The van der Waals surface area contributed by atoms with Gasteiger partial charge in [-0.15, -0.1) is 0 Å². The Morgan fingerprint density at radius 3 is 2.46 bits per heavy atom. The molecule has 6 rings (SSSR count). The number of nitrogens with zero attached hydrogens (tertiary/aromatic N) is 6. The van der Waals surface area contributed by atoms with Crippen molar-refractivity contribution in [2.75, 3.05) is 38.3 Å². The van der Waals surface area contributed by atoms with Gasteiger partial charge >= 0.3 is 6.09 Å². The van der Waals surface area contributed by atoms with E-state index in [1.54, 1.807) is 54.0 Å². The van der Waals surface area contributed by atoms with Crippen molar-refractivity contribution < 1.29 is 29.0 Å². The maximum absolute atomic E-state index is 13.2. The molecule has 2 aromatic heterocycles. The first kappa shape index (κ1) is 36.2. The first-order chi connectivity index (χ1) is 25.0. The Bertz CT molecular complexity index is 1980. The van der Waals surface area contributed by atoms with Crippen LogP contribution in [0.2, 0.25) is 0 Å². The molecular weight excluding hydrogens is 662 g/mol. The van der Waals surface area contributed by atoms with Crippen LogP contribution in [0.25, 0.3) is 11.1 Å². The molecule has 2 aliphatic rings. The summed E-state index contributed by atoms with van der Waals surface area (Å²) in [7, 11) is 5.19. The number of aryl methyl sites for hydroxylation is 2. The summed E-state index contributed by atoms with van der Waals surface area (Å²) in [6.07, 6.45) is 7.55. The minimum Gasteiger partial charge on any atom is -0.493 e. The molecule has 1 fully saturated rings. The summed E-state index contributed by atoms with van der Waals surface area (Å²) in [6.45, 7) is 6.24. The molecule has 4 heterocycles. The predicted octanol–water partition coefficient (Wildman–Crippen LogP) is 6.52. The van der Waals surface area contributed by atoms with Gasteiger partial charge in [0, 0.05) is 70.0 Å². The summed E-state index contributed by atoms with van der Waals surface area (Å²) in [5, 5.41) is 10.3. The SMILES string of the molecule is CCN(CC)C(=O)c1cc(-c2ccc(N(C(=O)O)c3cc([C@@H](N)CCCOc4cc5c(cc4OC)C(=O)N4CCC[C@H]4C=N5)cn3C)cc2)cn1C. The van der Waals surface area contributed by atoms with Gasteiger partial charge < -0.3 is 39.2 Å². The number of benzene rings is 2. The number of fused-ring (bicyclic) bond motifs is 2. The zero-order chi connectivity index (χ0) is 37.1. The molecular formula is C39H47N7O6. The van der Waals surface area contributed by atoms with Crippen molar-refractivity contribution in [1.82, 2.24) is 18.9 Å². The third-order valence-corrected chi connectivity index (χ3v) is 9.96. The summed E-state index contributed by atoms with van der Waals surface area (Å²) in [5.41, 5.74) is 11.3. The molecule has 2 aliphatic heterocycles. The van der Waals surface area contributed by atoms with Gasteiger partial charge in [0.15, 0.2) is 11.5 Å². The van der Waals surface area contributed by atoms with Crippen molar-refractivity contribution in [3.8, 4) is 22.6 Å². The summed E-state index contributed by atoms with van der Waals surface area (Å²) in [4.78, 5) is 48.2. The number of carboxylic acid groups (broad SMARTS) is 1. The number of ether oxygens (including phenoxy) is 2. The maximum Gasteiger partial charge on any atom is 0.417 e. The Morgan fingerprint density at radius 1 is 1.02 bits per heavy atom. The van der Waals surface area contributed by atoms with Gasteiger partial charge in [-0.1, -0.05) is 12.1 Å². The second-order valence-corrected chi connectivity index (χ2v) is 13.2. The van der Waals surface area contributed by atoms with Crippen LogP contribution in [0.15, 0.2) is 65.9 Å². The molecule has 4 aromatic rings. The summed E-state index contributed by atoms with van der Waals surface area (Å²) in [6, 6.07) is 14.0. The van der Waals surface area contributed by atoms with Crippen LogP contribution in [0.4, 0.5) is 22.0 Å². The minimum atomic E-state index is -1.13. The van der Waals surface area contributed by atoms with E-state index in [0.29, 0.717) is 72.5 Å². The molecule has 0 unspecified atom stereocenters. The molecule has 3 amide bonds. The van der Waals surface area contributed by atoms with Gasteiger partial charge in [-0.3, -0.25) is 14.6 Å². The number of aromatic nitrogens is 2. The van der Waals surface area contributed by atoms with Crippen LogP contribution in [0, 0.1) is 0 Å². The standard InChI is InChI=1S/C39H47N7O6/c1-6-44(7-2)38(48)33-18-26(23-42(33)3)25-12-14-28(15-13-25)46(39(49)50)36-19-27(24-43(36)4)31(40)11-9-17-52-35-21-32-30(20-34(35)51-5)37(47)45-16-8-10-29(45)22-41-32/h12-15,18-24,29,31H,6-11,16-17,40H2,1-5H3,(H,49,50)/t29-,31-/m0/s1. The first-order valence-electron chi connectivity index (χ1n) is 17.8. The number of hydrogen-bond donors (Lipinski definition) is 2. The zero-order valence-corrected chi connectivity index (χ0v) is 30.4. The van der Waals surface area contributed by atoms with Crippen molar-refractivity contribution in [3.05, 3.63) is 77.7 Å². The summed E-state index contributed by atoms with van der Waals surface area (Å²) < 4.78 is 15.2. The van der Waals surface area contributed by atoms with E-state index in [-0.39, 0.29) is 23.9 Å². The third kappa shape index (κ3) is 7.13. The van der Waals surface area contributed by atoms with Gasteiger partial charge in [0.1, 0.15) is 11.5 Å². The minimum absolute atomic E-state index is 0.0171. The fourth-order valence-electron chi connectivity index (χ4n) is 7.03. The first-order valence-corrected chi connectivity index (χ1v) is 17.8. The van der Waals surface area contributed by atoms with E-state index in [1.807, 2.05) is 67.2 Å². The number of methoxy groups -OCH3 is 1. The van der Waals surface area contributed by atoms with Crippen molar-refractivity contribution in [2.45, 2.75) is 51.6 Å². The van der Waals surface area contributed by atoms with Crippen molar-refractivity contribution >= 4 is 41.3 Å². The van der Waals surface area contributed by atoms with Gasteiger partial charge in [0.05, 0.1) is 36.7 Å². The highest BCUT2D eigenvalue weighted by atomic mass is 16.5. The van der Waals surface area contributed by atoms with Crippen molar-refractivity contribution in [3.63, 3.8) is 0 Å². The molecule has 0 spiro atoms. The third-order valence-electron chi connectivity index (χ3n) is 9.96. The van der Waals surface area contributed by atoms with E-state index in [4.69, 9.17) is 15.2 Å². The highest BCUT2D eigenvalue weighted by molar-refractivity contribution is 6.03. The highest BCUT2D eigenvalue weighted by Gasteiger charge is 2.32. The van der Waals surface area contributed by atoms with Gasteiger partial charge in [-0.25, -0.2) is 9.69 Å². The monoisotopic (exact) mass is 709 g/mol. The Hall–Kier alpha value is -5.56. The van der Waals surface area contributed by atoms with E-state index in [0.717, 1.165) is 36.1 Å². The van der Waals surface area contributed by atoms with Crippen LogP contribution in [0.1, 0.15) is 72.0 Å². The van der Waals surface area contributed by atoms with Crippen LogP contribution < -0.4 is 20.1 Å². The second-order valence-electron chi connectivity index (χ2n) is 13.2. The lowest BCUT2D eigenvalue weighted by atomic mass is 10.1. The fraction of sp³-hybridized carbons (Fsp3) is 0.385. The number of hydrogen-bond acceptors (Lipinski definition) is 7. The van der Waals surface area contributed by atoms with Crippen LogP contribution in [0.5, 0.6) is 11.5 Å². The van der Waals surface area contributed by atoms with E-state index >= 15 is 0 Å². The summed E-state index contributed by atoms with van der Waals surface area (Å²) >= 11 is 0. The lowest BCUT2D eigenvalue weighted by molar-refractivity contribution is 0.0759. The van der Waals surface area contributed by atoms with Crippen molar-refractivity contribution in [2.24, 2.45) is 24.8 Å². The smallest absolute Gasteiger partial charge is 0.417 e. The van der Waals surface area contributed by atoms with Gasteiger partial charge in [-0.05, 0) is 81.0 Å². The highest BCUT2D eigenvalue weighted by Crippen LogP contribution is 2.38. The average molecular weight is 710 g/mol. The molecule has 1 saturated heterocycles. The van der Waals surface area contributed by atoms with Crippen LogP contribution in [-0.4, -0.2) is 87.6 Å². The molecule has 3 N–H and O–H groups in total. The maximum atomic E-state index is 13.2. The number of aliphatic imine (C=N–C) groups is 1. The number of anilines is 2. The number of rotatable bonds is 13. The number of carbonyl (C=O) groups is 3. The number of carbonyl (C=O) groups excluding carboxylic acids is 2. The molecule has 0 aliphatic carbocycles. The Balaban J connectivity index is 1.10. The number of amides is 3. The zero-order valence-electron chi connectivity index (χ0n) is 30.4. The Labute approximate surface area is 303 Å². The quantitative estimate of drug-likeness (QED) is 0.150. The van der Waals surface area contributed by atoms with Crippen LogP contribution >= 0.6 is 0 Å². The molecule has 0 saturated carbocycles. The second kappa shape index (κ2) is 15.4. The Morgan fingerprint density at radius 2 is 1.77 bits per heavy atom. The summed E-state index contributed by atoms with van der Waals surface area (Å²) in [5.74, 6) is 1.36. The van der Waals surface area contributed by atoms with E-state index in [9.17, 15) is 19.5 Å². The average Bonchev–Trinajstić information content (AvgIpc) is 3.86. The molecule has 274 valence electrons. The van der Waals surface area contributed by atoms with Gasteiger partial charge in [0.2, 0.25) is 0 Å². The molecule has 0 bridgehead atoms. The largest absolute Gasteiger partial charge is 0.493 e. The van der Waals surface area contributed by atoms with E-state index in [1.165, 1.54) is 4.90 Å². The van der Waals surface area contributed by atoms with Crippen LogP contribution in [-0.2, 0) is 14.1 Å².